The van der Waals surface area contributed by atoms with Crippen LogP contribution in [0.15, 0.2) is 0 Å². The average molecular weight is 159 g/mol. The van der Waals surface area contributed by atoms with Gasteiger partial charge in [-0.25, -0.2) is 0 Å². The SMILES string of the molecule is C1CO1.CC1(C)CNCCO1. The standard InChI is InChI=1S/C6H13NO.C2H4O/c1-6(2)5-7-3-4-8-6;1-2-3-1/h7H,3-5H2,1-2H3;1-2H2. The normalized spacial score (nSPS) is 26.7. The first kappa shape index (κ1) is 8.97. The fourth-order valence-electron chi connectivity index (χ4n) is 0.840. The zero-order valence-electron chi connectivity index (χ0n) is 7.35. The maximum Gasteiger partial charge on any atom is 0.0750 e. The van der Waals surface area contributed by atoms with E-state index in [4.69, 9.17) is 4.74 Å². The zero-order valence-corrected chi connectivity index (χ0v) is 7.35. The van der Waals surface area contributed by atoms with E-state index in [0.717, 1.165) is 32.9 Å². The summed E-state index contributed by atoms with van der Waals surface area (Å²) in [5.41, 5.74) is 0.0677. The van der Waals surface area contributed by atoms with Crippen molar-refractivity contribution in [1.82, 2.24) is 5.32 Å². The topological polar surface area (TPSA) is 33.8 Å². The molecule has 0 aliphatic carbocycles. The molecule has 0 aromatic rings. The molecule has 2 heterocycles. The second kappa shape index (κ2) is 4.04. The van der Waals surface area contributed by atoms with Gasteiger partial charge in [-0.2, -0.15) is 0 Å². The number of rotatable bonds is 0. The molecule has 2 aliphatic heterocycles. The van der Waals surface area contributed by atoms with Crippen molar-refractivity contribution in [3.8, 4) is 0 Å². The minimum atomic E-state index is 0.0677. The lowest BCUT2D eigenvalue weighted by Crippen LogP contribution is -2.45. The van der Waals surface area contributed by atoms with E-state index < -0.39 is 0 Å². The van der Waals surface area contributed by atoms with E-state index in [2.05, 4.69) is 23.9 Å². The maximum atomic E-state index is 5.40. The molecule has 3 nitrogen and oxygen atoms in total. The summed E-state index contributed by atoms with van der Waals surface area (Å²) >= 11 is 0. The van der Waals surface area contributed by atoms with Crippen LogP contribution in [0, 0.1) is 0 Å². The highest BCUT2D eigenvalue weighted by atomic mass is 16.6. The largest absolute Gasteiger partial charge is 0.377 e. The Hall–Kier alpha value is -0.120. The lowest BCUT2D eigenvalue weighted by atomic mass is 10.1. The first-order valence-corrected chi connectivity index (χ1v) is 4.13. The van der Waals surface area contributed by atoms with E-state index in [1.54, 1.807) is 0 Å². The number of hydrogen-bond donors (Lipinski definition) is 1. The van der Waals surface area contributed by atoms with Crippen LogP contribution in [-0.2, 0) is 9.47 Å². The Morgan fingerprint density at radius 3 is 2.00 bits per heavy atom. The molecule has 2 aliphatic rings. The van der Waals surface area contributed by atoms with Crippen molar-refractivity contribution in [3.05, 3.63) is 0 Å². The number of nitrogens with one attached hydrogen (secondary N) is 1. The van der Waals surface area contributed by atoms with E-state index in [1.165, 1.54) is 0 Å². The highest BCUT2D eigenvalue weighted by Crippen LogP contribution is 2.08. The minimum Gasteiger partial charge on any atom is -0.377 e. The Bertz CT molecular complexity index is 102. The van der Waals surface area contributed by atoms with Gasteiger partial charge in [0.1, 0.15) is 0 Å². The van der Waals surface area contributed by atoms with Gasteiger partial charge in [-0.15, -0.1) is 0 Å². The lowest BCUT2D eigenvalue weighted by Gasteiger charge is -2.30. The van der Waals surface area contributed by atoms with Crippen LogP contribution in [0.2, 0.25) is 0 Å². The van der Waals surface area contributed by atoms with Crippen LogP contribution < -0.4 is 5.32 Å². The van der Waals surface area contributed by atoms with E-state index >= 15 is 0 Å². The highest BCUT2D eigenvalue weighted by Gasteiger charge is 2.20. The van der Waals surface area contributed by atoms with Crippen LogP contribution in [0.25, 0.3) is 0 Å². The summed E-state index contributed by atoms with van der Waals surface area (Å²) in [6.45, 7) is 9.03. The molecule has 0 aromatic carbocycles. The quantitative estimate of drug-likeness (QED) is 0.519. The number of morpholine rings is 1. The maximum absolute atomic E-state index is 5.40. The monoisotopic (exact) mass is 159 g/mol. The third-order valence-corrected chi connectivity index (χ3v) is 1.53. The van der Waals surface area contributed by atoms with Gasteiger partial charge in [0.25, 0.3) is 0 Å². The summed E-state index contributed by atoms with van der Waals surface area (Å²) in [5, 5.41) is 3.25. The second-order valence-corrected chi connectivity index (χ2v) is 3.40. The van der Waals surface area contributed by atoms with Crippen LogP contribution in [-0.4, -0.2) is 38.5 Å². The Morgan fingerprint density at radius 1 is 1.18 bits per heavy atom. The van der Waals surface area contributed by atoms with Gasteiger partial charge in [0.15, 0.2) is 0 Å². The van der Waals surface area contributed by atoms with Crippen LogP contribution in [0.5, 0.6) is 0 Å². The molecule has 1 N–H and O–H groups in total. The van der Waals surface area contributed by atoms with Crippen LogP contribution in [0.1, 0.15) is 13.8 Å². The third-order valence-electron chi connectivity index (χ3n) is 1.53. The smallest absolute Gasteiger partial charge is 0.0750 e. The predicted molar refractivity (Wildman–Crippen MR) is 43.7 cm³/mol. The summed E-state index contributed by atoms with van der Waals surface area (Å²) in [6, 6.07) is 0. The molecule has 0 unspecified atom stereocenters. The van der Waals surface area contributed by atoms with Crippen molar-refractivity contribution in [3.63, 3.8) is 0 Å². The Balaban J connectivity index is 0.000000167. The third kappa shape index (κ3) is 5.18. The molecule has 3 heteroatoms. The number of epoxide rings is 1. The molecule has 11 heavy (non-hydrogen) atoms. The fourth-order valence-corrected chi connectivity index (χ4v) is 0.840. The van der Waals surface area contributed by atoms with Gasteiger partial charge in [-0.3, -0.25) is 0 Å². The van der Waals surface area contributed by atoms with Gasteiger partial charge in [-0.1, -0.05) is 0 Å². The lowest BCUT2D eigenvalue weighted by molar-refractivity contribution is -0.0384. The predicted octanol–water partition coefficient (Wildman–Crippen LogP) is 0.401. The molecule has 0 atom stereocenters. The molecular weight excluding hydrogens is 142 g/mol. The number of ether oxygens (including phenoxy) is 2. The molecule has 2 saturated heterocycles. The van der Waals surface area contributed by atoms with Gasteiger partial charge in [0.05, 0.1) is 25.4 Å². The molecule has 2 fully saturated rings. The first-order chi connectivity index (χ1) is 5.21. The molecule has 0 saturated carbocycles. The molecule has 0 amide bonds. The Kier molecular flexibility index (Phi) is 3.30. The van der Waals surface area contributed by atoms with E-state index in [0.29, 0.717) is 0 Å². The van der Waals surface area contributed by atoms with Crippen LogP contribution in [0.3, 0.4) is 0 Å². The Labute approximate surface area is 68.1 Å². The highest BCUT2D eigenvalue weighted by molar-refractivity contribution is 4.75. The molecule has 0 aromatic heterocycles. The van der Waals surface area contributed by atoms with Gasteiger partial charge < -0.3 is 14.8 Å². The van der Waals surface area contributed by atoms with E-state index in [-0.39, 0.29) is 5.60 Å². The summed E-state index contributed by atoms with van der Waals surface area (Å²) in [6.07, 6.45) is 0. The number of hydrogen-bond acceptors (Lipinski definition) is 3. The summed E-state index contributed by atoms with van der Waals surface area (Å²) < 4.78 is 9.90. The van der Waals surface area contributed by atoms with Gasteiger partial charge >= 0.3 is 0 Å². The second-order valence-electron chi connectivity index (χ2n) is 3.40. The molecule has 2 rings (SSSR count). The van der Waals surface area contributed by atoms with E-state index in [9.17, 15) is 0 Å². The van der Waals surface area contributed by atoms with E-state index in [1.807, 2.05) is 0 Å². The molecule has 66 valence electrons. The van der Waals surface area contributed by atoms with Crippen molar-refractivity contribution in [2.75, 3.05) is 32.9 Å². The van der Waals surface area contributed by atoms with Gasteiger partial charge in [0, 0.05) is 13.1 Å². The molecular formula is C8H17NO2. The minimum absolute atomic E-state index is 0.0677. The Morgan fingerprint density at radius 2 is 1.82 bits per heavy atom. The van der Waals surface area contributed by atoms with Gasteiger partial charge in [0.2, 0.25) is 0 Å². The molecule has 0 spiro atoms. The van der Waals surface area contributed by atoms with Crippen molar-refractivity contribution >= 4 is 0 Å². The van der Waals surface area contributed by atoms with Crippen LogP contribution >= 0.6 is 0 Å². The zero-order chi connectivity index (χ0) is 8.16. The molecule has 0 radical (unpaired) electrons. The van der Waals surface area contributed by atoms with Crippen LogP contribution in [0.4, 0.5) is 0 Å². The van der Waals surface area contributed by atoms with Crippen molar-refractivity contribution in [2.45, 2.75) is 19.4 Å². The summed E-state index contributed by atoms with van der Waals surface area (Å²) in [7, 11) is 0. The fraction of sp³-hybridized carbons (Fsp3) is 1.00. The summed E-state index contributed by atoms with van der Waals surface area (Å²) in [5.74, 6) is 0. The van der Waals surface area contributed by atoms with Crippen molar-refractivity contribution < 1.29 is 9.47 Å². The van der Waals surface area contributed by atoms with Crippen molar-refractivity contribution in [1.29, 1.82) is 0 Å². The molecule has 0 bridgehead atoms. The van der Waals surface area contributed by atoms with Crippen molar-refractivity contribution in [2.24, 2.45) is 0 Å². The average Bonchev–Trinajstić information content (AvgIpc) is 2.70. The van der Waals surface area contributed by atoms with Gasteiger partial charge in [-0.05, 0) is 13.8 Å². The summed E-state index contributed by atoms with van der Waals surface area (Å²) in [4.78, 5) is 0. The first-order valence-electron chi connectivity index (χ1n) is 4.13.